The van der Waals surface area contributed by atoms with Gasteiger partial charge in [-0.05, 0) is 31.0 Å². The molecular weight excluding hydrogens is 250 g/mol. The lowest BCUT2D eigenvalue weighted by Crippen LogP contribution is -2.31. The second-order valence-electron chi connectivity index (χ2n) is 4.78. The van der Waals surface area contributed by atoms with Crippen molar-refractivity contribution in [1.82, 2.24) is 4.98 Å². The molecule has 1 unspecified atom stereocenters. The van der Waals surface area contributed by atoms with E-state index in [0.29, 0.717) is 18.8 Å². The predicted octanol–water partition coefficient (Wildman–Crippen LogP) is 2.15. The molecule has 1 atom stereocenters. The first-order valence-electron chi connectivity index (χ1n) is 6.67. The molecule has 0 bridgehead atoms. The van der Waals surface area contributed by atoms with E-state index >= 15 is 0 Å². The number of amides is 1. The number of anilines is 1. The first kappa shape index (κ1) is 14.2. The number of benzene rings is 1. The molecule has 0 saturated carbocycles. The van der Waals surface area contributed by atoms with Gasteiger partial charge < -0.3 is 11.1 Å². The second-order valence-corrected chi connectivity index (χ2v) is 4.78. The molecule has 0 aliphatic rings. The van der Waals surface area contributed by atoms with E-state index < -0.39 is 0 Å². The summed E-state index contributed by atoms with van der Waals surface area (Å²) in [5.74, 6) is 0.232. The lowest BCUT2D eigenvalue weighted by Gasteiger charge is -2.14. The summed E-state index contributed by atoms with van der Waals surface area (Å²) in [7, 11) is 0. The number of rotatable bonds is 5. The van der Waals surface area contributed by atoms with E-state index in [1.807, 2.05) is 49.4 Å². The largest absolute Gasteiger partial charge is 0.330 e. The highest BCUT2D eigenvalue weighted by molar-refractivity contribution is 5.92. The maximum absolute atomic E-state index is 12.2. The van der Waals surface area contributed by atoms with Gasteiger partial charge in [-0.15, -0.1) is 0 Å². The van der Waals surface area contributed by atoms with E-state index in [9.17, 15) is 4.79 Å². The lowest BCUT2D eigenvalue weighted by atomic mass is 9.98. The number of aryl methyl sites for hydroxylation is 1. The Morgan fingerprint density at radius 3 is 2.60 bits per heavy atom. The lowest BCUT2D eigenvalue weighted by molar-refractivity contribution is -0.119. The summed E-state index contributed by atoms with van der Waals surface area (Å²) in [4.78, 5) is 16.5. The number of nitrogens with one attached hydrogen (secondary N) is 1. The van der Waals surface area contributed by atoms with Gasteiger partial charge in [0.1, 0.15) is 5.82 Å². The van der Waals surface area contributed by atoms with Gasteiger partial charge in [-0.2, -0.15) is 0 Å². The summed E-state index contributed by atoms with van der Waals surface area (Å²) in [6.45, 7) is 2.20. The molecule has 0 fully saturated rings. The van der Waals surface area contributed by atoms with Gasteiger partial charge in [-0.1, -0.05) is 36.4 Å². The second kappa shape index (κ2) is 6.82. The van der Waals surface area contributed by atoms with Crippen molar-refractivity contribution in [3.63, 3.8) is 0 Å². The zero-order chi connectivity index (χ0) is 14.4. The van der Waals surface area contributed by atoms with Gasteiger partial charge >= 0.3 is 0 Å². The quantitative estimate of drug-likeness (QED) is 0.874. The van der Waals surface area contributed by atoms with Crippen LogP contribution in [0.1, 0.15) is 11.3 Å². The van der Waals surface area contributed by atoms with Crippen molar-refractivity contribution >= 4 is 11.7 Å². The van der Waals surface area contributed by atoms with Crippen LogP contribution in [0.15, 0.2) is 48.5 Å². The number of pyridine rings is 1. The van der Waals surface area contributed by atoms with Crippen LogP contribution >= 0.6 is 0 Å². The van der Waals surface area contributed by atoms with Gasteiger partial charge in [0.15, 0.2) is 0 Å². The first-order valence-corrected chi connectivity index (χ1v) is 6.67. The van der Waals surface area contributed by atoms with Crippen LogP contribution in [0.5, 0.6) is 0 Å². The Hall–Kier alpha value is -2.20. The highest BCUT2D eigenvalue weighted by Crippen LogP contribution is 2.11. The smallest absolute Gasteiger partial charge is 0.230 e. The van der Waals surface area contributed by atoms with Crippen molar-refractivity contribution in [2.75, 3.05) is 11.9 Å². The number of carbonyl (C=O) groups excluding carboxylic acids is 1. The van der Waals surface area contributed by atoms with Crippen LogP contribution in [0.2, 0.25) is 0 Å². The number of nitrogens with zero attached hydrogens (tertiary/aromatic N) is 1. The summed E-state index contributed by atoms with van der Waals surface area (Å²) >= 11 is 0. The van der Waals surface area contributed by atoms with E-state index in [0.717, 1.165) is 11.3 Å². The molecule has 0 spiro atoms. The van der Waals surface area contributed by atoms with Crippen molar-refractivity contribution in [2.45, 2.75) is 13.3 Å². The standard InChI is InChI=1S/C16H19N3O/c1-12-6-5-9-15(18-12)19-16(20)14(11-17)10-13-7-3-2-4-8-13/h2-9,14H,10-11,17H2,1H3,(H,18,19,20). The first-order chi connectivity index (χ1) is 9.69. The van der Waals surface area contributed by atoms with Crippen LogP contribution in [0.25, 0.3) is 0 Å². The van der Waals surface area contributed by atoms with E-state index in [2.05, 4.69) is 10.3 Å². The molecule has 4 nitrogen and oxygen atoms in total. The van der Waals surface area contributed by atoms with Crippen LogP contribution in [0.3, 0.4) is 0 Å². The zero-order valence-electron chi connectivity index (χ0n) is 11.5. The average molecular weight is 269 g/mol. The minimum absolute atomic E-state index is 0.0885. The van der Waals surface area contributed by atoms with Crippen LogP contribution in [-0.4, -0.2) is 17.4 Å². The Kier molecular flexibility index (Phi) is 4.85. The molecule has 104 valence electrons. The number of hydrogen-bond acceptors (Lipinski definition) is 3. The third-order valence-corrected chi connectivity index (χ3v) is 3.12. The third kappa shape index (κ3) is 3.90. The fourth-order valence-corrected chi connectivity index (χ4v) is 2.02. The molecule has 0 saturated heterocycles. The molecule has 0 aliphatic heterocycles. The molecule has 20 heavy (non-hydrogen) atoms. The molecular formula is C16H19N3O. The molecule has 1 amide bonds. The van der Waals surface area contributed by atoms with Gasteiger partial charge in [0, 0.05) is 12.2 Å². The van der Waals surface area contributed by atoms with Crippen LogP contribution in [0, 0.1) is 12.8 Å². The Bertz CT molecular complexity index is 569. The highest BCUT2D eigenvalue weighted by Gasteiger charge is 2.17. The molecule has 2 aromatic rings. The van der Waals surface area contributed by atoms with E-state index in [1.165, 1.54) is 0 Å². The highest BCUT2D eigenvalue weighted by atomic mass is 16.1. The molecule has 4 heteroatoms. The van der Waals surface area contributed by atoms with Crippen molar-refractivity contribution in [2.24, 2.45) is 11.7 Å². The Morgan fingerprint density at radius 1 is 1.20 bits per heavy atom. The maximum atomic E-state index is 12.2. The zero-order valence-corrected chi connectivity index (χ0v) is 11.5. The van der Waals surface area contributed by atoms with Crippen LogP contribution in [0.4, 0.5) is 5.82 Å². The molecule has 0 aliphatic carbocycles. The minimum Gasteiger partial charge on any atom is -0.330 e. The Balaban J connectivity index is 2.02. The Morgan fingerprint density at radius 2 is 1.95 bits per heavy atom. The van der Waals surface area contributed by atoms with Crippen molar-refractivity contribution in [3.05, 3.63) is 59.8 Å². The fourth-order valence-electron chi connectivity index (χ4n) is 2.02. The predicted molar refractivity (Wildman–Crippen MR) is 80.3 cm³/mol. The van der Waals surface area contributed by atoms with Crippen LogP contribution in [-0.2, 0) is 11.2 Å². The van der Waals surface area contributed by atoms with Gasteiger partial charge in [0.2, 0.25) is 5.91 Å². The third-order valence-electron chi connectivity index (χ3n) is 3.12. The number of hydrogen-bond donors (Lipinski definition) is 2. The molecule has 3 N–H and O–H groups in total. The SMILES string of the molecule is Cc1cccc(NC(=O)C(CN)Cc2ccccc2)n1. The Labute approximate surface area is 119 Å². The van der Waals surface area contributed by atoms with E-state index in [-0.39, 0.29) is 11.8 Å². The number of nitrogens with two attached hydrogens (primary N) is 1. The van der Waals surface area contributed by atoms with Gasteiger partial charge in [-0.3, -0.25) is 4.79 Å². The van der Waals surface area contributed by atoms with Crippen molar-refractivity contribution in [3.8, 4) is 0 Å². The van der Waals surface area contributed by atoms with Crippen LogP contribution < -0.4 is 11.1 Å². The number of aromatic nitrogens is 1. The number of carbonyl (C=O) groups is 1. The van der Waals surface area contributed by atoms with Crippen molar-refractivity contribution < 1.29 is 4.79 Å². The minimum atomic E-state index is -0.250. The summed E-state index contributed by atoms with van der Waals surface area (Å²) in [5, 5.41) is 2.82. The molecule has 2 rings (SSSR count). The molecule has 1 aromatic carbocycles. The molecule has 0 radical (unpaired) electrons. The summed E-state index contributed by atoms with van der Waals surface area (Å²) in [6, 6.07) is 15.4. The normalized spacial score (nSPS) is 11.9. The topological polar surface area (TPSA) is 68.0 Å². The fraction of sp³-hybridized carbons (Fsp3) is 0.250. The van der Waals surface area contributed by atoms with Gasteiger partial charge in [0.05, 0.1) is 5.92 Å². The summed E-state index contributed by atoms with van der Waals surface area (Å²) < 4.78 is 0. The van der Waals surface area contributed by atoms with E-state index in [4.69, 9.17) is 5.73 Å². The molecule has 1 aromatic heterocycles. The maximum Gasteiger partial charge on any atom is 0.230 e. The van der Waals surface area contributed by atoms with Gasteiger partial charge in [0.25, 0.3) is 0 Å². The molecule has 1 heterocycles. The summed E-state index contributed by atoms with van der Waals surface area (Å²) in [5.41, 5.74) is 7.70. The van der Waals surface area contributed by atoms with E-state index in [1.54, 1.807) is 6.07 Å². The van der Waals surface area contributed by atoms with Gasteiger partial charge in [-0.25, -0.2) is 4.98 Å². The van der Waals surface area contributed by atoms with Crippen molar-refractivity contribution in [1.29, 1.82) is 0 Å². The summed E-state index contributed by atoms with van der Waals surface area (Å²) in [6.07, 6.45) is 0.634. The average Bonchev–Trinajstić information content (AvgIpc) is 2.45. The monoisotopic (exact) mass is 269 g/mol.